The van der Waals surface area contributed by atoms with Gasteiger partial charge in [-0.1, -0.05) is 18.2 Å². The molecule has 4 aromatic rings. The fraction of sp³-hybridized carbons (Fsp3) is 0.259. The van der Waals surface area contributed by atoms with Crippen molar-refractivity contribution in [2.45, 2.75) is 39.2 Å². The number of ether oxygens (including phenoxy) is 2. The highest BCUT2D eigenvalue weighted by Gasteiger charge is 2.41. The fourth-order valence-electron chi connectivity index (χ4n) is 4.14. The lowest BCUT2D eigenvalue weighted by Gasteiger charge is -2.16. The second-order valence-corrected chi connectivity index (χ2v) is 8.62. The van der Waals surface area contributed by atoms with Crippen molar-refractivity contribution in [3.05, 3.63) is 71.5 Å². The van der Waals surface area contributed by atoms with Gasteiger partial charge >= 0.3 is 18.3 Å². The standard InChI is InChI=1S/C27H22F6N2O3/c1-4-37-25(36)24-23(27(31,32)33)22-20(35-24)12-10-18(19-11-7-16(13-34-19)26(28,29)30)21(22)15-5-8-17(9-6-15)38-14(2)3/h5-14,35H,4H2,1-3H3. The number of nitrogens with one attached hydrogen (secondary N) is 1. The summed E-state index contributed by atoms with van der Waals surface area (Å²) in [4.78, 5) is 18.9. The van der Waals surface area contributed by atoms with Crippen molar-refractivity contribution < 1.29 is 40.6 Å². The Hall–Kier alpha value is -4.02. The first-order chi connectivity index (χ1) is 17.8. The Labute approximate surface area is 213 Å². The number of fused-ring (bicyclic) bond motifs is 1. The zero-order valence-electron chi connectivity index (χ0n) is 20.4. The molecule has 0 atom stereocenters. The molecule has 38 heavy (non-hydrogen) atoms. The number of nitrogens with zero attached hydrogens (tertiary/aromatic N) is 1. The number of hydrogen-bond acceptors (Lipinski definition) is 4. The molecule has 0 fully saturated rings. The minimum Gasteiger partial charge on any atom is -0.491 e. The molecule has 1 N–H and O–H groups in total. The van der Waals surface area contributed by atoms with E-state index in [1.54, 1.807) is 12.1 Å². The SMILES string of the molecule is CCOC(=O)c1[nH]c2ccc(-c3ccc(C(F)(F)F)cn3)c(-c3ccc(OC(C)C)cc3)c2c1C(F)(F)F. The topological polar surface area (TPSA) is 64.2 Å². The number of pyridine rings is 1. The van der Waals surface area contributed by atoms with E-state index >= 15 is 0 Å². The van der Waals surface area contributed by atoms with E-state index in [-0.39, 0.29) is 40.4 Å². The molecule has 0 bridgehead atoms. The number of carbonyl (C=O) groups excluding carboxylic acids is 1. The highest BCUT2D eigenvalue weighted by Crippen LogP contribution is 2.46. The van der Waals surface area contributed by atoms with Gasteiger partial charge in [-0.05, 0) is 56.7 Å². The molecule has 2 heterocycles. The molecule has 0 amide bonds. The smallest absolute Gasteiger partial charge is 0.419 e. The fourth-order valence-corrected chi connectivity index (χ4v) is 4.14. The first kappa shape index (κ1) is 27.0. The van der Waals surface area contributed by atoms with Crippen LogP contribution in [0, 0.1) is 0 Å². The molecule has 4 rings (SSSR count). The molecule has 0 saturated carbocycles. The van der Waals surface area contributed by atoms with Gasteiger partial charge in [-0.15, -0.1) is 0 Å². The normalized spacial score (nSPS) is 12.3. The molecule has 11 heteroatoms. The molecular formula is C27H22F6N2O3. The van der Waals surface area contributed by atoms with Crippen LogP contribution in [0.3, 0.4) is 0 Å². The summed E-state index contributed by atoms with van der Waals surface area (Å²) >= 11 is 0. The molecule has 0 saturated heterocycles. The van der Waals surface area contributed by atoms with Crippen LogP contribution in [0.15, 0.2) is 54.7 Å². The molecule has 0 spiro atoms. The van der Waals surface area contributed by atoms with E-state index in [1.165, 1.54) is 31.2 Å². The predicted octanol–water partition coefficient (Wildman–Crippen LogP) is 7.90. The number of benzene rings is 2. The second kappa shape index (κ2) is 10.0. The largest absolute Gasteiger partial charge is 0.491 e. The summed E-state index contributed by atoms with van der Waals surface area (Å²) in [7, 11) is 0. The van der Waals surface area contributed by atoms with Crippen molar-refractivity contribution in [3.8, 4) is 28.1 Å². The summed E-state index contributed by atoms with van der Waals surface area (Å²) in [6.45, 7) is 4.95. The second-order valence-electron chi connectivity index (χ2n) is 8.62. The number of esters is 1. The van der Waals surface area contributed by atoms with Crippen molar-refractivity contribution in [1.29, 1.82) is 0 Å². The van der Waals surface area contributed by atoms with E-state index < -0.39 is 35.1 Å². The zero-order valence-corrected chi connectivity index (χ0v) is 20.4. The van der Waals surface area contributed by atoms with Gasteiger partial charge in [0.1, 0.15) is 11.4 Å². The van der Waals surface area contributed by atoms with Gasteiger partial charge in [0, 0.05) is 28.2 Å². The van der Waals surface area contributed by atoms with Gasteiger partial charge in [0.25, 0.3) is 0 Å². The zero-order chi connectivity index (χ0) is 27.8. The number of rotatable bonds is 6. The summed E-state index contributed by atoms with van der Waals surface area (Å²) < 4.78 is 93.1. The van der Waals surface area contributed by atoms with Crippen molar-refractivity contribution in [2.75, 3.05) is 6.61 Å². The quantitative estimate of drug-likeness (QED) is 0.201. The number of halogens is 6. The van der Waals surface area contributed by atoms with Gasteiger partial charge in [0.2, 0.25) is 0 Å². The molecule has 0 aliphatic heterocycles. The van der Waals surface area contributed by atoms with E-state index in [4.69, 9.17) is 9.47 Å². The van der Waals surface area contributed by atoms with Crippen molar-refractivity contribution in [1.82, 2.24) is 9.97 Å². The highest BCUT2D eigenvalue weighted by atomic mass is 19.4. The van der Waals surface area contributed by atoms with Crippen LogP contribution in [0.1, 0.15) is 42.4 Å². The third kappa shape index (κ3) is 5.32. The Morgan fingerprint density at radius 2 is 1.63 bits per heavy atom. The highest BCUT2D eigenvalue weighted by molar-refractivity contribution is 6.09. The number of hydrogen-bond donors (Lipinski definition) is 1. The third-order valence-electron chi connectivity index (χ3n) is 5.61. The van der Waals surface area contributed by atoms with Gasteiger partial charge < -0.3 is 14.5 Å². The minimum atomic E-state index is -4.97. The monoisotopic (exact) mass is 536 g/mol. The van der Waals surface area contributed by atoms with Gasteiger partial charge in [-0.25, -0.2) is 4.79 Å². The Kier molecular flexibility index (Phi) is 7.14. The Bertz CT molecular complexity index is 1450. The van der Waals surface area contributed by atoms with Gasteiger partial charge in [-0.2, -0.15) is 26.3 Å². The Morgan fingerprint density at radius 3 is 2.16 bits per heavy atom. The Morgan fingerprint density at radius 1 is 0.947 bits per heavy atom. The molecule has 2 aromatic heterocycles. The number of aromatic nitrogens is 2. The maximum absolute atomic E-state index is 14.4. The average molecular weight is 536 g/mol. The van der Waals surface area contributed by atoms with Crippen LogP contribution in [0.4, 0.5) is 26.3 Å². The number of carbonyl (C=O) groups is 1. The summed E-state index contributed by atoms with van der Waals surface area (Å²) in [5, 5.41) is -0.336. The van der Waals surface area contributed by atoms with Crippen molar-refractivity contribution in [2.24, 2.45) is 0 Å². The maximum atomic E-state index is 14.4. The molecule has 200 valence electrons. The predicted molar refractivity (Wildman–Crippen MR) is 129 cm³/mol. The van der Waals surface area contributed by atoms with E-state index in [1.807, 2.05) is 13.8 Å². The third-order valence-corrected chi connectivity index (χ3v) is 5.61. The summed E-state index contributed by atoms with van der Waals surface area (Å²) in [6.07, 6.45) is -9.13. The first-order valence-electron chi connectivity index (χ1n) is 11.5. The number of alkyl halides is 6. The van der Waals surface area contributed by atoms with Gasteiger partial charge in [0.05, 0.1) is 29.5 Å². The van der Waals surface area contributed by atoms with Gasteiger partial charge in [-0.3, -0.25) is 4.98 Å². The van der Waals surface area contributed by atoms with Crippen LogP contribution in [0.5, 0.6) is 5.75 Å². The molecule has 2 aromatic carbocycles. The van der Waals surface area contributed by atoms with Crippen LogP contribution in [-0.4, -0.2) is 28.6 Å². The summed E-state index contributed by atoms with van der Waals surface area (Å²) in [6, 6.07) is 10.9. The summed E-state index contributed by atoms with van der Waals surface area (Å²) in [5.41, 5.74) is -2.51. The van der Waals surface area contributed by atoms with E-state index in [2.05, 4.69) is 9.97 Å². The van der Waals surface area contributed by atoms with Crippen LogP contribution in [-0.2, 0) is 17.1 Å². The van der Waals surface area contributed by atoms with Gasteiger partial charge in [0.15, 0.2) is 0 Å². The van der Waals surface area contributed by atoms with Crippen LogP contribution < -0.4 is 4.74 Å². The lowest BCUT2D eigenvalue weighted by atomic mass is 9.91. The van der Waals surface area contributed by atoms with Crippen LogP contribution >= 0.6 is 0 Å². The van der Waals surface area contributed by atoms with Crippen LogP contribution in [0.2, 0.25) is 0 Å². The molecule has 0 aliphatic carbocycles. The lowest BCUT2D eigenvalue weighted by Crippen LogP contribution is -2.14. The van der Waals surface area contributed by atoms with Crippen molar-refractivity contribution in [3.63, 3.8) is 0 Å². The molecule has 5 nitrogen and oxygen atoms in total. The number of aromatic amines is 1. The molecule has 0 unspecified atom stereocenters. The molecule has 0 radical (unpaired) electrons. The molecule has 0 aliphatic rings. The van der Waals surface area contributed by atoms with Crippen molar-refractivity contribution >= 4 is 16.9 Å². The maximum Gasteiger partial charge on any atom is 0.419 e. The average Bonchev–Trinajstić information content (AvgIpc) is 3.24. The first-order valence-corrected chi connectivity index (χ1v) is 11.5. The van der Waals surface area contributed by atoms with Crippen LogP contribution in [0.25, 0.3) is 33.3 Å². The van der Waals surface area contributed by atoms with E-state index in [0.717, 1.165) is 12.1 Å². The number of H-pyrrole nitrogens is 1. The lowest BCUT2D eigenvalue weighted by molar-refractivity contribution is -0.138. The van der Waals surface area contributed by atoms with E-state index in [0.29, 0.717) is 17.5 Å². The summed E-state index contributed by atoms with van der Waals surface area (Å²) in [5.74, 6) is -0.709. The Balaban J connectivity index is 2.05. The van der Waals surface area contributed by atoms with E-state index in [9.17, 15) is 31.1 Å². The minimum absolute atomic E-state index is 0.00598. The molecular weight excluding hydrogens is 514 g/mol.